The minimum absolute atomic E-state index is 0.0856. The third-order valence-electron chi connectivity index (χ3n) is 2.78. The highest BCUT2D eigenvalue weighted by Crippen LogP contribution is 2.30. The molecule has 5 heteroatoms. The third kappa shape index (κ3) is 6.92. The van der Waals surface area contributed by atoms with Crippen molar-refractivity contribution in [3.63, 3.8) is 0 Å². The van der Waals surface area contributed by atoms with Crippen LogP contribution in [0.25, 0.3) is 0 Å². The van der Waals surface area contributed by atoms with E-state index >= 15 is 0 Å². The van der Waals surface area contributed by atoms with Gasteiger partial charge in [0.05, 0.1) is 13.2 Å². The lowest BCUT2D eigenvalue weighted by Gasteiger charge is -2.25. The fraction of sp³-hybridized carbons (Fsp3) is 0.556. The number of terminal acetylenes is 1. The molecule has 0 aromatic rings. The summed E-state index contributed by atoms with van der Waals surface area (Å²) in [7, 11) is 0. The molecule has 0 rings (SSSR count). The van der Waals surface area contributed by atoms with Crippen molar-refractivity contribution in [3.05, 3.63) is 0 Å². The van der Waals surface area contributed by atoms with Crippen molar-refractivity contribution in [1.29, 1.82) is 0 Å². The van der Waals surface area contributed by atoms with E-state index in [1.54, 1.807) is 20.8 Å². The second kappa shape index (κ2) is 12.2. The molecule has 0 fully saturated rings. The maximum Gasteiger partial charge on any atom is 0.325 e. The second-order valence-corrected chi connectivity index (χ2v) is 4.35. The first-order valence-electron chi connectivity index (χ1n) is 7.30. The summed E-state index contributed by atoms with van der Waals surface area (Å²) in [6.07, 6.45) is 5.09. The predicted octanol–water partition coefficient (Wildman–Crippen LogP) is 1.56. The van der Waals surface area contributed by atoms with E-state index in [0.29, 0.717) is 0 Å². The van der Waals surface area contributed by atoms with E-state index in [9.17, 15) is 9.59 Å². The summed E-state index contributed by atoms with van der Waals surface area (Å²) >= 11 is 0. The fourth-order valence-corrected chi connectivity index (χ4v) is 1.64. The monoisotopic (exact) mass is 318 g/mol. The number of ether oxygens (including phenoxy) is 3. The Morgan fingerprint density at radius 3 is 2.00 bits per heavy atom. The van der Waals surface area contributed by atoms with Gasteiger partial charge in [0.2, 0.25) is 0 Å². The number of carbonyl (C=O) groups excluding carboxylic acids is 2. The average molecular weight is 318 g/mol. The maximum atomic E-state index is 12.2. The summed E-state index contributed by atoms with van der Waals surface area (Å²) in [5.41, 5.74) is -1.60. The van der Waals surface area contributed by atoms with E-state index in [1.807, 2.05) is 0 Å². The van der Waals surface area contributed by atoms with Crippen LogP contribution in [0.3, 0.4) is 0 Å². The van der Waals surface area contributed by atoms with Gasteiger partial charge in [-0.1, -0.05) is 17.8 Å². The predicted molar refractivity (Wildman–Crippen MR) is 85.8 cm³/mol. The van der Waals surface area contributed by atoms with E-state index in [0.717, 1.165) is 0 Å². The highest BCUT2D eigenvalue weighted by molar-refractivity contribution is 6.00. The van der Waals surface area contributed by atoms with Crippen molar-refractivity contribution in [1.82, 2.24) is 0 Å². The first-order chi connectivity index (χ1) is 11.1. The Morgan fingerprint density at radius 2 is 1.52 bits per heavy atom. The molecule has 0 aliphatic rings. The first kappa shape index (κ1) is 20.6. The van der Waals surface area contributed by atoms with E-state index in [4.69, 9.17) is 20.6 Å². The third-order valence-corrected chi connectivity index (χ3v) is 2.78. The number of carbonyl (C=O) groups is 2. The Bertz CT molecular complexity index is 530. The van der Waals surface area contributed by atoms with E-state index in [1.165, 1.54) is 0 Å². The Labute approximate surface area is 138 Å². The molecule has 0 aliphatic carbocycles. The molecule has 0 atom stereocenters. The Balaban J connectivity index is 5.12. The van der Waals surface area contributed by atoms with Crippen LogP contribution < -0.4 is 0 Å². The van der Waals surface area contributed by atoms with Crippen LogP contribution in [-0.2, 0) is 23.8 Å². The smallest absolute Gasteiger partial charge is 0.325 e. The largest absolute Gasteiger partial charge is 0.465 e. The quantitative estimate of drug-likeness (QED) is 0.294. The van der Waals surface area contributed by atoms with Gasteiger partial charge in [-0.3, -0.25) is 9.59 Å². The molecular weight excluding hydrogens is 296 g/mol. The van der Waals surface area contributed by atoms with Gasteiger partial charge in [0.1, 0.15) is 13.2 Å². The molecule has 5 nitrogen and oxygen atoms in total. The molecule has 124 valence electrons. The lowest BCUT2D eigenvalue weighted by Crippen LogP contribution is -2.41. The van der Waals surface area contributed by atoms with Gasteiger partial charge >= 0.3 is 11.9 Å². The fourth-order valence-electron chi connectivity index (χ4n) is 1.64. The Kier molecular flexibility index (Phi) is 10.9. The Morgan fingerprint density at radius 1 is 0.957 bits per heavy atom. The molecule has 0 aliphatic heterocycles. The highest BCUT2D eigenvalue weighted by Gasteiger charge is 2.48. The summed E-state index contributed by atoms with van der Waals surface area (Å²) < 4.78 is 15.1. The van der Waals surface area contributed by atoms with Crippen molar-refractivity contribution in [2.75, 3.05) is 26.4 Å². The number of hydrogen-bond donors (Lipinski definition) is 0. The van der Waals surface area contributed by atoms with E-state index in [-0.39, 0.29) is 39.3 Å². The molecule has 0 saturated carbocycles. The molecule has 0 radical (unpaired) electrons. The number of esters is 2. The van der Waals surface area contributed by atoms with E-state index < -0.39 is 17.4 Å². The van der Waals surface area contributed by atoms with Crippen molar-refractivity contribution in [3.8, 4) is 36.0 Å². The van der Waals surface area contributed by atoms with Gasteiger partial charge in [0.25, 0.3) is 0 Å². The van der Waals surface area contributed by atoms with Crippen LogP contribution in [0, 0.1) is 41.4 Å². The van der Waals surface area contributed by atoms with Gasteiger partial charge in [-0.2, -0.15) is 0 Å². The van der Waals surface area contributed by atoms with Gasteiger partial charge in [0, 0.05) is 12.8 Å². The van der Waals surface area contributed by atoms with Crippen molar-refractivity contribution in [2.24, 2.45) is 5.41 Å². The SMILES string of the molecule is C#CCC(CC#CCOCC#CC)(C(=O)OCC)C(=O)OCC. The standard InChI is InChI=1S/C18H22O5/c1-5-9-14-21-15-11-10-13-18(12-6-2,16(19)22-7-3)17(20)23-8-4/h2H,7-8,12-15H2,1,3-4H3. The summed E-state index contributed by atoms with van der Waals surface area (Å²) in [4.78, 5) is 24.5. The van der Waals surface area contributed by atoms with Crippen molar-refractivity contribution >= 4 is 11.9 Å². The molecular formula is C18H22O5. The number of hydrogen-bond acceptors (Lipinski definition) is 5. The minimum Gasteiger partial charge on any atom is -0.465 e. The van der Waals surface area contributed by atoms with Gasteiger partial charge in [-0.15, -0.1) is 18.3 Å². The van der Waals surface area contributed by atoms with Crippen LogP contribution in [-0.4, -0.2) is 38.4 Å². The van der Waals surface area contributed by atoms with Gasteiger partial charge in [0.15, 0.2) is 5.41 Å². The molecule has 0 aromatic carbocycles. The van der Waals surface area contributed by atoms with Crippen molar-refractivity contribution < 1.29 is 23.8 Å². The lowest BCUT2D eigenvalue weighted by molar-refractivity contribution is -0.171. The highest BCUT2D eigenvalue weighted by atomic mass is 16.6. The molecule has 0 N–H and O–H groups in total. The summed E-state index contributed by atoms with van der Waals surface area (Å²) in [6.45, 7) is 5.70. The van der Waals surface area contributed by atoms with Crippen LogP contribution in [0.15, 0.2) is 0 Å². The molecule has 0 aromatic heterocycles. The van der Waals surface area contributed by atoms with Crippen LogP contribution in [0.5, 0.6) is 0 Å². The topological polar surface area (TPSA) is 61.8 Å². The molecule has 23 heavy (non-hydrogen) atoms. The lowest BCUT2D eigenvalue weighted by atomic mass is 9.81. The van der Waals surface area contributed by atoms with Crippen LogP contribution in [0.1, 0.15) is 33.6 Å². The zero-order chi connectivity index (χ0) is 17.6. The zero-order valence-corrected chi connectivity index (χ0v) is 13.9. The normalized spacial score (nSPS) is 9.48. The van der Waals surface area contributed by atoms with Crippen LogP contribution in [0.4, 0.5) is 0 Å². The molecule has 0 bridgehead atoms. The Hall–Kier alpha value is -2.42. The van der Waals surface area contributed by atoms with Gasteiger partial charge in [-0.05, 0) is 20.8 Å². The van der Waals surface area contributed by atoms with Gasteiger partial charge < -0.3 is 14.2 Å². The molecule has 0 amide bonds. The molecule has 0 unspecified atom stereocenters. The first-order valence-corrected chi connectivity index (χ1v) is 7.30. The zero-order valence-electron chi connectivity index (χ0n) is 13.9. The molecule has 0 heterocycles. The summed E-state index contributed by atoms with van der Waals surface area (Å²) in [5, 5.41) is 0. The van der Waals surface area contributed by atoms with Crippen LogP contribution >= 0.6 is 0 Å². The summed E-state index contributed by atoms with van der Waals surface area (Å²) in [5.74, 6) is 11.8. The van der Waals surface area contributed by atoms with E-state index in [2.05, 4.69) is 29.6 Å². The number of rotatable bonds is 8. The van der Waals surface area contributed by atoms with Crippen molar-refractivity contribution in [2.45, 2.75) is 33.6 Å². The second-order valence-electron chi connectivity index (χ2n) is 4.35. The maximum absolute atomic E-state index is 12.2. The molecule has 0 spiro atoms. The van der Waals surface area contributed by atoms with Gasteiger partial charge in [-0.25, -0.2) is 0 Å². The summed E-state index contributed by atoms with van der Waals surface area (Å²) in [6, 6.07) is 0. The average Bonchev–Trinajstić information content (AvgIpc) is 2.53. The molecule has 0 saturated heterocycles. The van der Waals surface area contributed by atoms with Crippen LogP contribution in [0.2, 0.25) is 0 Å². The minimum atomic E-state index is -1.60.